The van der Waals surface area contributed by atoms with Gasteiger partial charge < -0.3 is 9.64 Å². The Bertz CT molecular complexity index is 944. The Labute approximate surface area is 165 Å². The largest absolute Gasteiger partial charge is 0.370 e. The Morgan fingerprint density at radius 1 is 1.00 bits per heavy atom. The summed E-state index contributed by atoms with van der Waals surface area (Å²) in [5.74, 6) is 0.0862. The highest BCUT2D eigenvalue weighted by Gasteiger charge is 2.38. The predicted octanol–water partition coefficient (Wildman–Crippen LogP) is 2.96. The molecule has 0 radical (unpaired) electrons. The van der Waals surface area contributed by atoms with Crippen molar-refractivity contribution in [2.75, 3.05) is 24.6 Å². The molecule has 2 aromatic rings. The van der Waals surface area contributed by atoms with E-state index in [2.05, 4.69) is 0 Å². The van der Waals surface area contributed by atoms with Crippen LogP contribution in [0.3, 0.4) is 0 Å². The van der Waals surface area contributed by atoms with Crippen LogP contribution in [0.2, 0.25) is 0 Å². The highest BCUT2D eigenvalue weighted by molar-refractivity contribution is 7.89. The van der Waals surface area contributed by atoms with Crippen molar-refractivity contribution in [3.8, 4) is 0 Å². The fraction of sp³-hybridized carbons (Fsp3) is 0.381. The van der Waals surface area contributed by atoms with E-state index in [4.69, 9.17) is 4.74 Å². The predicted molar refractivity (Wildman–Crippen MR) is 107 cm³/mol. The van der Waals surface area contributed by atoms with Crippen LogP contribution in [-0.4, -0.2) is 44.4 Å². The highest BCUT2D eigenvalue weighted by atomic mass is 32.2. The first-order chi connectivity index (χ1) is 13.5. The molecule has 4 rings (SSSR count). The number of ether oxygens (including phenoxy) is 1. The van der Waals surface area contributed by atoms with Gasteiger partial charge in [0.05, 0.1) is 23.6 Å². The number of carbonyl (C=O) groups excluding carboxylic acids is 1. The maximum Gasteiger partial charge on any atom is 0.243 e. The minimum Gasteiger partial charge on any atom is -0.370 e. The Balaban J connectivity index is 1.58. The molecule has 1 amide bonds. The number of hydrogen-bond donors (Lipinski definition) is 0. The van der Waals surface area contributed by atoms with E-state index in [-0.39, 0.29) is 22.9 Å². The monoisotopic (exact) mass is 400 g/mol. The lowest BCUT2D eigenvalue weighted by Crippen LogP contribution is -2.48. The molecule has 0 saturated carbocycles. The van der Waals surface area contributed by atoms with Crippen LogP contribution in [0.1, 0.15) is 31.4 Å². The molecule has 148 valence electrons. The van der Waals surface area contributed by atoms with E-state index in [1.165, 1.54) is 4.31 Å². The normalized spacial score (nSPS) is 23.9. The fourth-order valence-electron chi connectivity index (χ4n) is 3.97. The van der Waals surface area contributed by atoms with Gasteiger partial charge in [0.1, 0.15) is 0 Å². The Kier molecular flexibility index (Phi) is 5.23. The van der Waals surface area contributed by atoms with Crippen molar-refractivity contribution in [3.05, 3.63) is 60.2 Å². The number of rotatable bonds is 4. The van der Waals surface area contributed by atoms with Crippen LogP contribution in [0, 0.1) is 0 Å². The van der Waals surface area contributed by atoms with E-state index in [1.807, 2.05) is 37.3 Å². The van der Waals surface area contributed by atoms with Gasteiger partial charge in [-0.25, -0.2) is 8.42 Å². The number of nitrogens with zero attached hydrogens (tertiary/aromatic N) is 2. The van der Waals surface area contributed by atoms with Gasteiger partial charge in [0.15, 0.2) is 0 Å². The van der Waals surface area contributed by atoms with E-state index in [9.17, 15) is 13.2 Å². The molecule has 2 atom stereocenters. The molecule has 0 unspecified atom stereocenters. The number of anilines is 1. The first-order valence-corrected chi connectivity index (χ1v) is 11.0. The number of hydrogen-bond acceptors (Lipinski definition) is 4. The van der Waals surface area contributed by atoms with Gasteiger partial charge in [-0.2, -0.15) is 4.31 Å². The summed E-state index contributed by atoms with van der Waals surface area (Å²) in [6.07, 6.45) is 1.09. The van der Waals surface area contributed by atoms with Crippen LogP contribution in [0.5, 0.6) is 0 Å². The maximum absolute atomic E-state index is 13.3. The third-order valence-corrected chi connectivity index (χ3v) is 7.46. The third kappa shape index (κ3) is 3.45. The smallest absolute Gasteiger partial charge is 0.243 e. The van der Waals surface area contributed by atoms with Crippen molar-refractivity contribution in [2.45, 2.75) is 36.8 Å². The molecule has 2 aliphatic rings. The van der Waals surface area contributed by atoms with Crippen LogP contribution >= 0.6 is 0 Å². The van der Waals surface area contributed by atoms with Gasteiger partial charge >= 0.3 is 0 Å². The van der Waals surface area contributed by atoms with Crippen LogP contribution in [0.4, 0.5) is 5.69 Å². The van der Waals surface area contributed by atoms with Gasteiger partial charge in [0.25, 0.3) is 0 Å². The average molecular weight is 401 g/mol. The van der Waals surface area contributed by atoms with E-state index < -0.39 is 10.0 Å². The Morgan fingerprint density at radius 3 is 2.36 bits per heavy atom. The number of carbonyl (C=O) groups is 1. The molecule has 2 aromatic carbocycles. The molecular weight excluding hydrogens is 376 g/mol. The summed E-state index contributed by atoms with van der Waals surface area (Å²) in [6.45, 7) is 3.23. The third-order valence-electron chi connectivity index (χ3n) is 5.46. The standard InChI is InChI=1S/C21H24N2O4S/c1-16-21(17-6-3-2-4-7-17)27-15-14-23(16)28(25,26)19-11-9-18(10-12-19)22-13-5-8-20(22)24/h2-4,6-7,9-12,16,21H,5,8,13-15H2,1H3/t16-,21+/m0/s1. The van der Waals surface area contributed by atoms with E-state index in [1.54, 1.807) is 29.2 Å². The molecule has 7 heteroatoms. The molecule has 2 fully saturated rings. The van der Waals surface area contributed by atoms with Crippen LogP contribution < -0.4 is 4.90 Å². The van der Waals surface area contributed by atoms with Crippen molar-refractivity contribution in [2.24, 2.45) is 0 Å². The van der Waals surface area contributed by atoms with Crippen molar-refractivity contribution >= 4 is 21.6 Å². The van der Waals surface area contributed by atoms with Crippen molar-refractivity contribution in [1.29, 1.82) is 0 Å². The zero-order chi connectivity index (χ0) is 19.7. The first kappa shape index (κ1) is 19.1. The SMILES string of the molecule is C[C@H]1[C@H](c2ccccc2)OCCN1S(=O)(=O)c1ccc(N2CCCC2=O)cc1. The van der Waals surface area contributed by atoms with Gasteiger partial charge in [0.2, 0.25) is 15.9 Å². The topological polar surface area (TPSA) is 66.9 Å². The van der Waals surface area contributed by atoms with Crippen molar-refractivity contribution in [1.82, 2.24) is 4.31 Å². The minimum atomic E-state index is -3.66. The first-order valence-electron chi connectivity index (χ1n) is 9.57. The summed E-state index contributed by atoms with van der Waals surface area (Å²) in [6, 6.07) is 16.0. The molecule has 0 aromatic heterocycles. The van der Waals surface area contributed by atoms with Gasteiger partial charge in [-0.3, -0.25) is 4.79 Å². The van der Waals surface area contributed by atoms with Crippen molar-refractivity contribution in [3.63, 3.8) is 0 Å². The number of benzene rings is 2. The lowest BCUT2D eigenvalue weighted by atomic mass is 10.0. The number of amides is 1. The Morgan fingerprint density at radius 2 is 1.71 bits per heavy atom. The molecule has 2 heterocycles. The minimum absolute atomic E-state index is 0.0862. The van der Waals surface area contributed by atoms with Gasteiger partial charge in [-0.05, 0) is 43.2 Å². The van der Waals surface area contributed by atoms with Crippen LogP contribution in [-0.2, 0) is 19.6 Å². The molecule has 28 heavy (non-hydrogen) atoms. The second kappa shape index (κ2) is 7.66. The molecule has 0 spiro atoms. The summed E-state index contributed by atoms with van der Waals surface area (Å²) >= 11 is 0. The van der Waals surface area contributed by atoms with Crippen LogP contribution in [0.15, 0.2) is 59.5 Å². The lowest BCUT2D eigenvalue weighted by molar-refractivity contribution is -0.117. The highest BCUT2D eigenvalue weighted by Crippen LogP contribution is 2.32. The lowest BCUT2D eigenvalue weighted by Gasteiger charge is -2.38. The summed E-state index contributed by atoms with van der Waals surface area (Å²) in [5, 5.41) is 0. The average Bonchev–Trinajstić information content (AvgIpc) is 3.14. The zero-order valence-corrected chi connectivity index (χ0v) is 16.6. The molecule has 0 aliphatic carbocycles. The van der Waals surface area contributed by atoms with E-state index >= 15 is 0 Å². The molecule has 6 nitrogen and oxygen atoms in total. The molecular formula is C21H24N2O4S. The summed E-state index contributed by atoms with van der Waals surface area (Å²) < 4.78 is 33.9. The summed E-state index contributed by atoms with van der Waals surface area (Å²) in [7, 11) is -3.66. The van der Waals surface area contributed by atoms with Crippen LogP contribution in [0.25, 0.3) is 0 Å². The molecule has 0 bridgehead atoms. The Hall–Kier alpha value is -2.22. The van der Waals surface area contributed by atoms with Crippen molar-refractivity contribution < 1.29 is 17.9 Å². The second-order valence-electron chi connectivity index (χ2n) is 7.20. The summed E-state index contributed by atoms with van der Waals surface area (Å²) in [4.78, 5) is 13.9. The molecule has 2 aliphatic heterocycles. The number of morpholine rings is 1. The van der Waals surface area contributed by atoms with Gasteiger partial charge in [-0.15, -0.1) is 0 Å². The number of sulfonamides is 1. The molecule has 0 N–H and O–H groups in total. The molecule has 2 saturated heterocycles. The van der Waals surface area contributed by atoms with Gasteiger partial charge in [-0.1, -0.05) is 30.3 Å². The fourth-order valence-corrected chi connectivity index (χ4v) is 5.59. The second-order valence-corrected chi connectivity index (χ2v) is 9.09. The van der Waals surface area contributed by atoms with E-state index in [0.717, 1.165) is 17.7 Å². The van der Waals surface area contributed by atoms with Gasteiger partial charge in [0, 0.05) is 25.2 Å². The zero-order valence-electron chi connectivity index (χ0n) is 15.8. The summed E-state index contributed by atoms with van der Waals surface area (Å²) in [5.41, 5.74) is 1.72. The quantitative estimate of drug-likeness (QED) is 0.791. The maximum atomic E-state index is 13.3. The van der Waals surface area contributed by atoms with E-state index in [0.29, 0.717) is 26.1 Å².